The van der Waals surface area contributed by atoms with Crippen molar-refractivity contribution in [3.8, 4) is 0 Å². The summed E-state index contributed by atoms with van der Waals surface area (Å²) in [6, 6.07) is 8.21. The first-order valence-corrected chi connectivity index (χ1v) is 12.0. The smallest absolute Gasteiger partial charge is 0.317 e. The van der Waals surface area contributed by atoms with E-state index in [-0.39, 0.29) is 11.4 Å². The molecule has 0 spiro atoms. The van der Waals surface area contributed by atoms with Gasteiger partial charge in [-0.3, -0.25) is 4.79 Å². The maximum Gasteiger partial charge on any atom is 0.317 e. The van der Waals surface area contributed by atoms with Crippen molar-refractivity contribution >= 4 is 17.6 Å². The van der Waals surface area contributed by atoms with Crippen molar-refractivity contribution < 1.29 is 9.59 Å². The third-order valence-electron chi connectivity index (χ3n) is 8.24. The monoisotopic (exact) mass is 424 g/mol. The molecule has 1 aromatic rings. The van der Waals surface area contributed by atoms with E-state index < -0.39 is 0 Å². The molecule has 0 aromatic heterocycles. The maximum absolute atomic E-state index is 13.5. The Morgan fingerprint density at radius 2 is 1.42 bits per heavy atom. The van der Waals surface area contributed by atoms with Crippen molar-refractivity contribution in [2.24, 2.45) is 23.2 Å². The standard InChI is InChI=1S/C25H36N4O2/c1-27(2)22-5-3-18(4-6-22)17-26-24(31)29-9-7-28(8-10-29)23(30)25-14-19-11-20(15-25)13-21(12-19)16-25/h3-6,19-21H,7-17H2,1-2H3,(H,26,31). The number of benzene rings is 1. The quantitative estimate of drug-likeness (QED) is 0.807. The molecule has 1 heterocycles. The molecule has 1 saturated heterocycles. The van der Waals surface area contributed by atoms with Gasteiger partial charge in [-0.15, -0.1) is 0 Å². The van der Waals surface area contributed by atoms with E-state index in [1.165, 1.54) is 19.3 Å². The zero-order valence-electron chi connectivity index (χ0n) is 19.0. The summed E-state index contributed by atoms with van der Waals surface area (Å²) in [4.78, 5) is 32.2. The number of rotatable bonds is 4. The number of hydrogen-bond donors (Lipinski definition) is 1. The zero-order chi connectivity index (χ0) is 21.6. The molecular formula is C25H36N4O2. The molecule has 4 saturated carbocycles. The van der Waals surface area contributed by atoms with Gasteiger partial charge < -0.3 is 20.0 Å². The highest BCUT2D eigenvalue weighted by molar-refractivity contribution is 5.84. The molecule has 3 amide bonds. The molecule has 1 aromatic carbocycles. The Balaban J connectivity index is 1.12. The van der Waals surface area contributed by atoms with Gasteiger partial charge in [0.25, 0.3) is 0 Å². The number of anilines is 1. The lowest BCUT2D eigenvalue weighted by Gasteiger charge is -2.57. The second kappa shape index (κ2) is 8.03. The third-order valence-corrected chi connectivity index (χ3v) is 8.24. The average molecular weight is 425 g/mol. The van der Waals surface area contributed by atoms with Gasteiger partial charge >= 0.3 is 6.03 Å². The molecule has 5 aliphatic rings. The molecule has 6 heteroatoms. The summed E-state index contributed by atoms with van der Waals surface area (Å²) >= 11 is 0. The van der Waals surface area contributed by atoms with Crippen LogP contribution in [0.25, 0.3) is 0 Å². The largest absolute Gasteiger partial charge is 0.378 e. The van der Waals surface area contributed by atoms with Crippen molar-refractivity contribution in [2.45, 2.75) is 45.1 Å². The summed E-state index contributed by atoms with van der Waals surface area (Å²) in [5.41, 5.74) is 2.17. The molecule has 0 radical (unpaired) electrons. The van der Waals surface area contributed by atoms with Crippen molar-refractivity contribution in [1.82, 2.24) is 15.1 Å². The summed E-state index contributed by atoms with van der Waals surface area (Å²) in [5, 5.41) is 3.04. The maximum atomic E-state index is 13.5. The Labute approximate surface area is 185 Å². The van der Waals surface area contributed by atoms with Gasteiger partial charge in [0.15, 0.2) is 0 Å². The SMILES string of the molecule is CN(C)c1ccc(CNC(=O)N2CCN(C(=O)C34CC5CC(CC(C5)C3)C4)CC2)cc1. The number of nitrogens with zero attached hydrogens (tertiary/aromatic N) is 3. The molecule has 168 valence electrons. The minimum absolute atomic E-state index is 0.0291. The number of piperazine rings is 1. The van der Waals surface area contributed by atoms with Crippen LogP contribution in [0.5, 0.6) is 0 Å². The molecule has 6 nitrogen and oxygen atoms in total. The summed E-state index contributed by atoms with van der Waals surface area (Å²) in [5.74, 6) is 2.75. The molecule has 1 aliphatic heterocycles. The molecule has 31 heavy (non-hydrogen) atoms. The van der Waals surface area contributed by atoms with Crippen molar-refractivity contribution in [3.63, 3.8) is 0 Å². The topological polar surface area (TPSA) is 55.9 Å². The fourth-order valence-corrected chi connectivity index (χ4v) is 7.02. The van der Waals surface area contributed by atoms with E-state index >= 15 is 0 Å². The zero-order valence-corrected chi connectivity index (χ0v) is 19.0. The van der Waals surface area contributed by atoms with Crippen molar-refractivity contribution in [2.75, 3.05) is 45.2 Å². The highest BCUT2D eigenvalue weighted by atomic mass is 16.2. The van der Waals surface area contributed by atoms with Crippen LogP contribution in [-0.2, 0) is 11.3 Å². The lowest BCUT2D eigenvalue weighted by molar-refractivity contribution is -0.159. The Morgan fingerprint density at radius 3 is 1.94 bits per heavy atom. The van der Waals surface area contributed by atoms with Gasteiger partial charge in [0.1, 0.15) is 0 Å². The van der Waals surface area contributed by atoms with E-state index in [2.05, 4.69) is 39.4 Å². The van der Waals surface area contributed by atoms with Crippen LogP contribution in [0, 0.1) is 23.2 Å². The minimum Gasteiger partial charge on any atom is -0.378 e. The second-order valence-electron chi connectivity index (χ2n) is 10.7. The first-order valence-electron chi connectivity index (χ1n) is 12.0. The van der Waals surface area contributed by atoms with E-state index in [1.807, 2.05) is 19.0 Å². The van der Waals surface area contributed by atoms with Crippen LogP contribution in [-0.4, -0.2) is 62.0 Å². The molecule has 4 aliphatic carbocycles. The predicted octanol–water partition coefficient (Wildman–Crippen LogP) is 3.32. The fraction of sp³-hybridized carbons (Fsp3) is 0.680. The lowest BCUT2D eigenvalue weighted by Crippen LogP contribution is -2.59. The van der Waals surface area contributed by atoms with Crippen molar-refractivity contribution in [3.05, 3.63) is 29.8 Å². The fourth-order valence-electron chi connectivity index (χ4n) is 7.02. The Kier molecular flexibility index (Phi) is 5.35. The summed E-state index contributed by atoms with van der Waals surface area (Å²) in [6.45, 7) is 3.13. The van der Waals surface area contributed by atoms with Gasteiger partial charge in [0.2, 0.25) is 5.91 Å². The van der Waals surface area contributed by atoms with Gasteiger partial charge in [-0.05, 0) is 74.0 Å². The van der Waals surface area contributed by atoms with E-state index in [1.54, 1.807) is 0 Å². The van der Waals surface area contributed by atoms with Gasteiger partial charge in [-0.25, -0.2) is 4.79 Å². The average Bonchev–Trinajstić information content (AvgIpc) is 2.76. The van der Waals surface area contributed by atoms with Gasteiger partial charge in [-0.2, -0.15) is 0 Å². The van der Waals surface area contributed by atoms with Crippen LogP contribution < -0.4 is 10.2 Å². The van der Waals surface area contributed by atoms with Crippen LogP contribution in [0.2, 0.25) is 0 Å². The summed E-state index contributed by atoms with van der Waals surface area (Å²) in [6.07, 6.45) is 7.43. The number of carbonyl (C=O) groups is 2. The minimum atomic E-state index is -0.0715. The summed E-state index contributed by atoms with van der Waals surface area (Å²) < 4.78 is 0. The van der Waals surface area contributed by atoms with Crippen LogP contribution in [0.4, 0.5) is 10.5 Å². The van der Waals surface area contributed by atoms with Crippen LogP contribution in [0.15, 0.2) is 24.3 Å². The number of nitrogens with one attached hydrogen (secondary N) is 1. The van der Waals surface area contributed by atoms with Gasteiger partial charge in [0, 0.05) is 52.5 Å². The molecular weight excluding hydrogens is 388 g/mol. The first-order chi connectivity index (χ1) is 14.9. The highest BCUT2D eigenvalue weighted by Gasteiger charge is 2.55. The van der Waals surface area contributed by atoms with Crippen LogP contribution >= 0.6 is 0 Å². The van der Waals surface area contributed by atoms with Crippen LogP contribution in [0.1, 0.15) is 44.1 Å². The molecule has 4 bridgehead atoms. The number of hydrogen-bond acceptors (Lipinski definition) is 3. The van der Waals surface area contributed by atoms with Crippen molar-refractivity contribution in [1.29, 1.82) is 0 Å². The molecule has 6 rings (SSSR count). The third kappa shape index (κ3) is 4.01. The number of amides is 3. The Bertz CT molecular complexity index is 791. The lowest BCUT2D eigenvalue weighted by atomic mass is 9.49. The van der Waals surface area contributed by atoms with Gasteiger partial charge in [-0.1, -0.05) is 12.1 Å². The molecule has 1 N–H and O–H groups in total. The molecule has 5 fully saturated rings. The number of carbonyl (C=O) groups excluding carboxylic acids is 2. The predicted molar refractivity (Wildman–Crippen MR) is 122 cm³/mol. The highest BCUT2D eigenvalue weighted by Crippen LogP contribution is 2.60. The van der Waals surface area contributed by atoms with E-state index in [0.717, 1.165) is 48.3 Å². The van der Waals surface area contributed by atoms with E-state index in [4.69, 9.17) is 0 Å². The number of urea groups is 1. The van der Waals surface area contributed by atoms with Crippen LogP contribution in [0.3, 0.4) is 0 Å². The van der Waals surface area contributed by atoms with E-state index in [9.17, 15) is 9.59 Å². The Hall–Kier alpha value is -2.24. The normalized spacial score (nSPS) is 31.6. The molecule has 0 atom stereocenters. The second-order valence-corrected chi connectivity index (χ2v) is 10.7. The first kappa shape index (κ1) is 20.7. The van der Waals surface area contributed by atoms with Gasteiger partial charge in [0.05, 0.1) is 5.41 Å². The Morgan fingerprint density at radius 1 is 0.903 bits per heavy atom. The molecule has 0 unspecified atom stereocenters. The van der Waals surface area contributed by atoms with E-state index in [0.29, 0.717) is 38.6 Å². The summed E-state index contributed by atoms with van der Waals surface area (Å²) in [7, 11) is 4.04.